The summed E-state index contributed by atoms with van der Waals surface area (Å²) in [6.45, 7) is 6.31. The second-order valence-corrected chi connectivity index (χ2v) is 7.30. The first-order valence-electron chi connectivity index (χ1n) is 9.27. The Balaban J connectivity index is 1.71. The average molecular weight is 363 g/mol. The molecule has 2 aromatic carbocycles. The van der Waals surface area contributed by atoms with E-state index in [0.717, 1.165) is 12.0 Å². The molecule has 5 nitrogen and oxygen atoms in total. The van der Waals surface area contributed by atoms with Crippen molar-refractivity contribution in [1.82, 2.24) is 14.9 Å². The van der Waals surface area contributed by atoms with Crippen LogP contribution < -0.4 is 10.9 Å². The summed E-state index contributed by atoms with van der Waals surface area (Å²) in [7, 11) is 0. The van der Waals surface area contributed by atoms with Crippen LogP contribution in [0.5, 0.6) is 0 Å². The number of rotatable bonds is 6. The number of nitrogens with one attached hydrogen (secondary N) is 1. The minimum Gasteiger partial charge on any atom is -0.348 e. The number of amides is 1. The molecule has 1 heterocycles. The number of aromatic nitrogens is 2. The Morgan fingerprint density at radius 2 is 1.78 bits per heavy atom. The molecular weight excluding hydrogens is 338 g/mol. The van der Waals surface area contributed by atoms with Gasteiger partial charge in [0.1, 0.15) is 6.54 Å². The van der Waals surface area contributed by atoms with Gasteiger partial charge >= 0.3 is 0 Å². The highest BCUT2D eigenvalue weighted by molar-refractivity contribution is 5.80. The van der Waals surface area contributed by atoms with Crippen LogP contribution in [0.25, 0.3) is 11.0 Å². The fourth-order valence-electron chi connectivity index (χ4n) is 3.21. The van der Waals surface area contributed by atoms with Crippen molar-refractivity contribution in [3.8, 4) is 0 Å². The minimum absolute atomic E-state index is 0.0301. The molecule has 1 amide bonds. The second kappa shape index (κ2) is 8.16. The zero-order chi connectivity index (χ0) is 19.4. The van der Waals surface area contributed by atoms with Crippen molar-refractivity contribution in [2.75, 3.05) is 0 Å². The lowest BCUT2D eigenvalue weighted by molar-refractivity contribution is -0.122. The number of para-hydroxylation sites is 2. The highest BCUT2D eigenvalue weighted by atomic mass is 16.2. The largest absolute Gasteiger partial charge is 0.348 e. The smallest absolute Gasteiger partial charge is 0.269 e. The van der Waals surface area contributed by atoms with Gasteiger partial charge in [0.25, 0.3) is 5.56 Å². The molecule has 0 aliphatic carbocycles. The molecule has 1 aromatic heterocycles. The summed E-state index contributed by atoms with van der Waals surface area (Å²) in [5, 5.41) is 2.98. The van der Waals surface area contributed by atoms with Crippen LogP contribution in [0, 0.1) is 5.92 Å². The molecule has 0 bridgehead atoms. The Labute approximate surface area is 159 Å². The summed E-state index contributed by atoms with van der Waals surface area (Å²) in [6, 6.07) is 15.5. The number of benzene rings is 2. The van der Waals surface area contributed by atoms with E-state index in [1.807, 2.05) is 25.1 Å². The molecule has 5 heteroatoms. The fraction of sp³-hybridized carbons (Fsp3) is 0.318. The van der Waals surface area contributed by atoms with Crippen molar-refractivity contribution in [3.05, 3.63) is 76.2 Å². The van der Waals surface area contributed by atoms with Crippen LogP contribution in [-0.4, -0.2) is 15.5 Å². The van der Waals surface area contributed by atoms with Gasteiger partial charge in [-0.2, -0.15) is 0 Å². The molecule has 1 unspecified atom stereocenters. The maximum absolute atomic E-state index is 12.5. The van der Waals surface area contributed by atoms with E-state index < -0.39 is 0 Å². The van der Waals surface area contributed by atoms with E-state index in [1.165, 1.54) is 16.3 Å². The summed E-state index contributed by atoms with van der Waals surface area (Å²) in [4.78, 5) is 28.8. The first-order chi connectivity index (χ1) is 12.9. The van der Waals surface area contributed by atoms with Crippen LogP contribution in [0.4, 0.5) is 0 Å². The third kappa shape index (κ3) is 4.61. The number of carbonyl (C=O) groups excluding carboxylic acids is 1. The minimum atomic E-state index is -0.283. The molecule has 3 rings (SSSR count). The number of hydrogen-bond acceptors (Lipinski definition) is 3. The Morgan fingerprint density at radius 3 is 2.48 bits per heavy atom. The van der Waals surface area contributed by atoms with Gasteiger partial charge in [0.05, 0.1) is 23.3 Å². The number of nitrogens with zero attached hydrogens (tertiary/aromatic N) is 2. The van der Waals surface area contributed by atoms with Crippen LogP contribution in [-0.2, 0) is 17.8 Å². The lowest BCUT2D eigenvalue weighted by Crippen LogP contribution is -2.34. The third-order valence-corrected chi connectivity index (χ3v) is 4.56. The molecule has 27 heavy (non-hydrogen) atoms. The van der Waals surface area contributed by atoms with E-state index in [-0.39, 0.29) is 24.1 Å². The first kappa shape index (κ1) is 18.8. The number of fused-ring (bicyclic) bond motifs is 1. The summed E-state index contributed by atoms with van der Waals surface area (Å²) in [5.74, 6) is 0.411. The summed E-state index contributed by atoms with van der Waals surface area (Å²) in [5.41, 5.74) is 3.41. The molecule has 0 fully saturated rings. The van der Waals surface area contributed by atoms with Gasteiger partial charge < -0.3 is 5.32 Å². The molecule has 1 atom stereocenters. The predicted molar refractivity (Wildman–Crippen MR) is 108 cm³/mol. The maximum Gasteiger partial charge on any atom is 0.269 e. The van der Waals surface area contributed by atoms with Crippen molar-refractivity contribution in [1.29, 1.82) is 0 Å². The molecule has 0 radical (unpaired) electrons. The van der Waals surface area contributed by atoms with E-state index in [4.69, 9.17) is 0 Å². The van der Waals surface area contributed by atoms with Gasteiger partial charge in [-0.1, -0.05) is 50.2 Å². The van der Waals surface area contributed by atoms with Gasteiger partial charge in [-0.25, -0.2) is 4.98 Å². The monoisotopic (exact) mass is 363 g/mol. The average Bonchev–Trinajstić information content (AvgIpc) is 2.64. The standard InChI is InChI=1S/C22H25N3O2/c1-15(2)12-17-8-10-18(11-9-17)16(3)24-21(26)14-25-20-7-5-4-6-19(20)23-13-22(25)27/h4-11,13,15-16H,12,14H2,1-3H3,(H,24,26). The Bertz CT molecular complexity index is 990. The van der Waals surface area contributed by atoms with Gasteiger partial charge in [-0.15, -0.1) is 0 Å². The Morgan fingerprint density at radius 1 is 1.07 bits per heavy atom. The zero-order valence-electron chi connectivity index (χ0n) is 16.0. The van der Waals surface area contributed by atoms with Crippen molar-refractivity contribution in [2.24, 2.45) is 5.92 Å². The third-order valence-electron chi connectivity index (χ3n) is 4.56. The van der Waals surface area contributed by atoms with E-state index in [0.29, 0.717) is 17.0 Å². The van der Waals surface area contributed by atoms with E-state index in [2.05, 4.69) is 48.4 Å². The quantitative estimate of drug-likeness (QED) is 0.729. The van der Waals surface area contributed by atoms with Crippen molar-refractivity contribution in [3.63, 3.8) is 0 Å². The Kier molecular flexibility index (Phi) is 5.69. The van der Waals surface area contributed by atoms with E-state index >= 15 is 0 Å². The van der Waals surface area contributed by atoms with Gasteiger partial charge in [0.2, 0.25) is 5.91 Å². The normalized spacial score (nSPS) is 12.3. The van der Waals surface area contributed by atoms with Crippen molar-refractivity contribution in [2.45, 2.75) is 39.8 Å². The van der Waals surface area contributed by atoms with Crippen LogP contribution >= 0.6 is 0 Å². The van der Waals surface area contributed by atoms with E-state index in [9.17, 15) is 9.59 Å². The molecule has 1 N–H and O–H groups in total. The van der Waals surface area contributed by atoms with Crippen LogP contribution in [0.2, 0.25) is 0 Å². The van der Waals surface area contributed by atoms with Gasteiger partial charge in [-0.05, 0) is 42.5 Å². The Hall–Kier alpha value is -2.95. The van der Waals surface area contributed by atoms with Crippen LogP contribution in [0.15, 0.2) is 59.5 Å². The molecular formula is C22H25N3O2. The molecule has 0 saturated heterocycles. The maximum atomic E-state index is 12.5. The predicted octanol–water partition coefficient (Wildman–Crippen LogP) is 3.47. The molecule has 140 valence electrons. The first-order valence-corrected chi connectivity index (χ1v) is 9.27. The van der Waals surface area contributed by atoms with Gasteiger partial charge in [0, 0.05) is 0 Å². The zero-order valence-corrected chi connectivity index (χ0v) is 16.0. The van der Waals surface area contributed by atoms with E-state index in [1.54, 1.807) is 6.07 Å². The second-order valence-electron chi connectivity index (χ2n) is 7.30. The SMILES string of the molecule is CC(C)Cc1ccc(C(C)NC(=O)Cn2c(=O)cnc3ccccc32)cc1. The topological polar surface area (TPSA) is 64.0 Å². The van der Waals surface area contributed by atoms with Crippen molar-refractivity contribution < 1.29 is 4.79 Å². The van der Waals surface area contributed by atoms with Gasteiger partial charge in [0.15, 0.2) is 0 Å². The number of hydrogen-bond donors (Lipinski definition) is 1. The fourth-order valence-corrected chi connectivity index (χ4v) is 3.21. The lowest BCUT2D eigenvalue weighted by Gasteiger charge is -2.16. The highest BCUT2D eigenvalue weighted by Crippen LogP contribution is 2.16. The molecule has 0 aliphatic heterocycles. The highest BCUT2D eigenvalue weighted by Gasteiger charge is 2.13. The molecule has 0 aliphatic rings. The van der Waals surface area contributed by atoms with Crippen molar-refractivity contribution >= 4 is 16.9 Å². The lowest BCUT2D eigenvalue weighted by atomic mass is 10.00. The summed E-state index contributed by atoms with van der Waals surface area (Å²) in [6.07, 6.45) is 2.30. The van der Waals surface area contributed by atoms with Crippen LogP contribution in [0.3, 0.4) is 0 Å². The molecule has 0 saturated carbocycles. The summed E-state index contributed by atoms with van der Waals surface area (Å²) < 4.78 is 1.45. The molecule has 3 aromatic rings. The summed E-state index contributed by atoms with van der Waals surface area (Å²) >= 11 is 0. The molecule has 0 spiro atoms. The van der Waals surface area contributed by atoms with Gasteiger partial charge in [-0.3, -0.25) is 14.2 Å². The van der Waals surface area contributed by atoms with Crippen LogP contribution in [0.1, 0.15) is 37.9 Å². The number of carbonyl (C=O) groups is 1.